The van der Waals surface area contributed by atoms with Gasteiger partial charge in [-0.15, -0.1) is 6.58 Å². The lowest BCUT2D eigenvalue weighted by Gasteiger charge is -2.06. The zero-order valence-electron chi connectivity index (χ0n) is 8.77. The topological polar surface area (TPSA) is 74.6 Å². The van der Waals surface area contributed by atoms with Gasteiger partial charge in [0.05, 0.1) is 5.92 Å². The second-order valence-corrected chi connectivity index (χ2v) is 3.24. The minimum absolute atomic E-state index is 0.0495. The summed E-state index contributed by atoms with van der Waals surface area (Å²) < 4.78 is 0. The number of hydrogen-bond donors (Lipinski definition) is 2. The van der Waals surface area contributed by atoms with Crippen LogP contribution in [0.3, 0.4) is 0 Å². The van der Waals surface area contributed by atoms with Crippen LogP contribution in [0.15, 0.2) is 24.3 Å². The molecule has 0 aromatic heterocycles. The van der Waals surface area contributed by atoms with Gasteiger partial charge in [-0.05, 0) is 26.2 Å². The predicted molar refractivity (Wildman–Crippen MR) is 56.6 cm³/mol. The lowest BCUT2D eigenvalue weighted by atomic mass is 9.99. The highest BCUT2D eigenvalue weighted by atomic mass is 16.4. The maximum atomic E-state index is 10.8. The molecule has 0 aliphatic rings. The van der Waals surface area contributed by atoms with Crippen molar-refractivity contribution in [3.63, 3.8) is 0 Å². The van der Waals surface area contributed by atoms with Gasteiger partial charge in [0.2, 0.25) is 0 Å². The summed E-state index contributed by atoms with van der Waals surface area (Å²) in [6.07, 6.45) is 5.36. The highest BCUT2D eigenvalue weighted by Gasteiger charge is 2.21. The lowest BCUT2D eigenvalue weighted by molar-refractivity contribution is -0.143. The monoisotopic (exact) mass is 212 g/mol. The summed E-state index contributed by atoms with van der Waals surface area (Å²) in [5.41, 5.74) is -0.0495. The van der Waals surface area contributed by atoms with Gasteiger partial charge in [-0.2, -0.15) is 0 Å². The van der Waals surface area contributed by atoms with Crippen LogP contribution in [0.1, 0.15) is 26.2 Å². The molecular weight excluding hydrogens is 196 g/mol. The molecule has 15 heavy (non-hydrogen) atoms. The number of rotatable bonds is 7. The van der Waals surface area contributed by atoms with E-state index in [0.29, 0.717) is 6.42 Å². The molecule has 1 atom stereocenters. The molecule has 0 radical (unpaired) electrons. The van der Waals surface area contributed by atoms with Gasteiger partial charge in [-0.3, -0.25) is 4.79 Å². The van der Waals surface area contributed by atoms with Crippen LogP contribution in [0.5, 0.6) is 0 Å². The molecule has 0 aliphatic carbocycles. The minimum Gasteiger partial charge on any atom is -0.481 e. The van der Waals surface area contributed by atoms with Crippen LogP contribution < -0.4 is 0 Å². The molecular formula is C11H16O4. The number of carbonyl (C=O) groups is 2. The first kappa shape index (κ1) is 13.4. The Balaban J connectivity index is 4.44. The van der Waals surface area contributed by atoms with Gasteiger partial charge in [-0.1, -0.05) is 12.2 Å². The van der Waals surface area contributed by atoms with Crippen LogP contribution in [0, 0.1) is 5.92 Å². The normalized spacial score (nSPS) is 13.3. The van der Waals surface area contributed by atoms with E-state index in [1.807, 2.05) is 0 Å². The maximum Gasteiger partial charge on any atom is 0.332 e. The van der Waals surface area contributed by atoms with Gasteiger partial charge in [0.25, 0.3) is 0 Å². The third-order valence-electron chi connectivity index (χ3n) is 2.06. The fourth-order valence-electron chi connectivity index (χ4n) is 1.10. The molecule has 0 fully saturated rings. The maximum absolute atomic E-state index is 10.8. The van der Waals surface area contributed by atoms with Crippen molar-refractivity contribution >= 4 is 11.9 Å². The van der Waals surface area contributed by atoms with Crippen LogP contribution in [0.25, 0.3) is 0 Å². The van der Waals surface area contributed by atoms with Crippen molar-refractivity contribution in [3.8, 4) is 0 Å². The highest BCUT2D eigenvalue weighted by Crippen LogP contribution is 2.13. The average molecular weight is 212 g/mol. The summed E-state index contributed by atoms with van der Waals surface area (Å²) in [4.78, 5) is 21.4. The SMILES string of the molecule is C=CCCC/C=C(/C(=O)O)[C@H](C)C(=O)O. The first-order valence-corrected chi connectivity index (χ1v) is 4.77. The van der Waals surface area contributed by atoms with Crippen LogP contribution in [0.2, 0.25) is 0 Å². The van der Waals surface area contributed by atoms with E-state index < -0.39 is 17.9 Å². The molecule has 0 saturated heterocycles. The Morgan fingerprint density at radius 3 is 2.33 bits per heavy atom. The van der Waals surface area contributed by atoms with E-state index in [9.17, 15) is 9.59 Å². The Hall–Kier alpha value is -1.58. The van der Waals surface area contributed by atoms with Crippen molar-refractivity contribution in [1.29, 1.82) is 0 Å². The van der Waals surface area contributed by atoms with Crippen molar-refractivity contribution in [2.24, 2.45) is 5.92 Å². The summed E-state index contributed by atoms with van der Waals surface area (Å²) in [6, 6.07) is 0. The smallest absolute Gasteiger partial charge is 0.332 e. The van der Waals surface area contributed by atoms with E-state index in [1.54, 1.807) is 6.08 Å². The lowest BCUT2D eigenvalue weighted by Crippen LogP contribution is -2.18. The van der Waals surface area contributed by atoms with Crippen molar-refractivity contribution in [2.45, 2.75) is 26.2 Å². The Kier molecular flexibility index (Phi) is 6.09. The molecule has 0 heterocycles. The number of allylic oxidation sites excluding steroid dienone is 2. The van der Waals surface area contributed by atoms with E-state index in [2.05, 4.69) is 6.58 Å². The van der Waals surface area contributed by atoms with E-state index in [1.165, 1.54) is 13.0 Å². The fourth-order valence-corrected chi connectivity index (χ4v) is 1.10. The van der Waals surface area contributed by atoms with Gasteiger partial charge >= 0.3 is 11.9 Å². The predicted octanol–water partition coefficient (Wildman–Crippen LogP) is 2.07. The van der Waals surface area contributed by atoms with E-state index in [4.69, 9.17) is 10.2 Å². The van der Waals surface area contributed by atoms with Gasteiger partial charge in [0.15, 0.2) is 0 Å². The van der Waals surface area contributed by atoms with Crippen molar-refractivity contribution in [3.05, 3.63) is 24.3 Å². The Labute approximate surface area is 88.9 Å². The molecule has 0 aromatic rings. The Morgan fingerprint density at radius 1 is 1.33 bits per heavy atom. The molecule has 0 spiro atoms. The molecule has 0 amide bonds. The zero-order valence-corrected chi connectivity index (χ0v) is 8.77. The Morgan fingerprint density at radius 2 is 1.93 bits per heavy atom. The molecule has 2 N–H and O–H groups in total. The molecule has 0 rings (SSSR count). The van der Waals surface area contributed by atoms with E-state index in [-0.39, 0.29) is 5.57 Å². The number of hydrogen-bond acceptors (Lipinski definition) is 2. The first-order chi connectivity index (χ1) is 7.00. The number of carboxylic acids is 2. The zero-order chi connectivity index (χ0) is 11.8. The second kappa shape index (κ2) is 6.81. The van der Waals surface area contributed by atoms with Gasteiger partial charge in [-0.25, -0.2) is 4.79 Å². The summed E-state index contributed by atoms with van der Waals surface area (Å²) in [7, 11) is 0. The summed E-state index contributed by atoms with van der Waals surface area (Å²) in [6.45, 7) is 4.92. The third kappa shape index (κ3) is 5.00. The molecule has 4 nitrogen and oxygen atoms in total. The average Bonchev–Trinajstić information content (AvgIpc) is 2.16. The van der Waals surface area contributed by atoms with Crippen molar-refractivity contribution in [2.75, 3.05) is 0 Å². The molecule has 84 valence electrons. The number of unbranched alkanes of at least 4 members (excludes halogenated alkanes) is 2. The highest BCUT2D eigenvalue weighted by molar-refractivity contribution is 5.93. The van der Waals surface area contributed by atoms with Crippen molar-refractivity contribution in [1.82, 2.24) is 0 Å². The molecule has 0 unspecified atom stereocenters. The molecule has 0 saturated carbocycles. The number of carboxylic acid groups (broad SMARTS) is 2. The van der Waals surface area contributed by atoms with Gasteiger partial charge < -0.3 is 10.2 Å². The Bertz CT molecular complexity index is 278. The summed E-state index contributed by atoms with van der Waals surface area (Å²) in [5, 5.41) is 17.5. The van der Waals surface area contributed by atoms with Gasteiger partial charge in [0, 0.05) is 5.57 Å². The standard InChI is InChI=1S/C11H16O4/c1-3-4-5-6-7-9(11(14)15)8(2)10(12)13/h3,7-8H,1,4-6H2,2H3,(H,12,13)(H,14,15)/b9-7+/t8-/m0/s1. The minimum atomic E-state index is -1.16. The molecule has 4 heteroatoms. The van der Waals surface area contributed by atoms with Gasteiger partial charge in [0.1, 0.15) is 0 Å². The van der Waals surface area contributed by atoms with Crippen LogP contribution in [-0.2, 0) is 9.59 Å². The summed E-state index contributed by atoms with van der Waals surface area (Å²) >= 11 is 0. The largest absolute Gasteiger partial charge is 0.481 e. The van der Waals surface area contributed by atoms with E-state index >= 15 is 0 Å². The van der Waals surface area contributed by atoms with Crippen LogP contribution in [0.4, 0.5) is 0 Å². The number of aliphatic carboxylic acids is 2. The molecule has 0 aromatic carbocycles. The first-order valence-electron chi connectivity index (χ1n) is 4.77. The molecule has 0 aliphatic heterocycles. The van der Waals surface area contributed by atoms with Crippen molar-refractivity contribution < 1.29 is 19.8 Å². The second-order valence-electron chi connectivity index (χ2n) is 3.24. The summed E-state index contributed by atoms with van der Waals surface area (Å²) in [5.74, 6) is -3.25. The fraction of sp³-hybridized carbons (Fsp3) is 0.455. The van der Waals surface area contributed by atoms with Crippen LogP contribution in [-0.4, -0.2) is 22.2 Å². The van der Waals surface area contributed by atoms with Crippen LogP contribution >= 0.6 is 0 Å². The third-order valence-corrected chi connectivity index (χ3v) is 2.06. The van der Waals surface area contributed by atoms with E-state index in [0.717, 1.165) is 12.8 Å². The molecule has 0 bridgehead atoms. The quantitative estimate of drug-likeness (QED) is 0.385.